The minimum atomic E-state index is -3.98. The van der Waals surface area contributed by atoms with E-state index in [4.69, 9.17) is 0 Å². The number of aromatic nitrogens is 2. The number of nitrogens with zero attached hydrogens (tertiary/aromatic N) is 3. The van der Waals surface area contributed by atoms with E-state index in [1.165, 1.54) is 31.1 Å². The monoisotopic (exact) mass is 477 g/mol. The van der Waals surface area contributed by atoms with Crippen molar-refractivity contribution >= 4 is 24.0 Å². The molecule has 0 bridgehead atoms. The Hall–Kier alpha value is -3.96. The Labute approximate surface area is 194 Å². The van der Waals surface area contributed by atoms with E-state index < -0.39 is 40.8 Å². The number of amides is 3. The van der Waals surface area contributed by atoms with Crippen LogP contribution in [0.2, 0.25) is 0 Å². The quantitative estimate of drug-likeness (QED) is 0.340. The molecule has 1 aromatic rings. The van der Waals surface area contributed by atoms with Crippen LogP contribution in [-0.2, 0) is 32.1 Å². The Morgan fingerprint density at radius 2 is 2.06 bits per heavy atom. The molecule has 12 heteroatoms. The lowest BCUT2D eigenvalue weighted by molar-refractivity contribution is -0.146. The summed E-state index contributed by atoms with van der Waals surface area (Å²) in [6, 6.07) is -0.175. The molecule has 2 heterocycles. The summed E-state index contributed by atoms with van der Waals surface area (Å²) >= 11 is 0. The van der Waals surface area contributed by atoms with Gasteiger partial charge >= 0.3 is 5.92 Å². The molecule has 1 unspecified atom stereocenters. The zero-order valence-electron chi connectivity index (χ0n) is 18.7. The predicted octanol–water partition coefficient (Wildman–Crippen LogP) is -0.0370. The molecule has 0 spiro atoms. The molecule has 3 amide bonds. The van der Waals surface area contributed by atoms with Crippen LogP contribution in [0, 0.1) is 0 Å². The lowest BCUT2D eigenvalue weighted by Gasteiger charge is -2.26. The molecule has 0 fully saturated rings. The van der Waals surface area contributed by atoms with Crippen LogP contribution in [0.3, 0.4) is 0 Å². The number of halogens is 2. The summed E-state index contributed by atoms with van der Waals surface area (Å²) in [4.78, 5) is 60.2. The molecule has 182 valence electrons. The normalized spacial score (nSPS) is 14.6. The second-order valence-corrected chi connectivity index (χ2v) is 7.45. The molecule has 10 nitrogen and oxygen atoms in total. The van der Waals surface area contributed by atoms with Gasteiger partial charge in [0.15, 0.2) is 0 Å². The third-order valence-electron chi connectivity index (χ3n) is 5.09. The fourth-order valence-corrected chi connectivity index (χ4v) is 3.11. The average Bonchev–Trinajstić information content (AvgIpc) is 3.17. The number of carbonyl (C=O) groups excluding carboxylic acids is 4. The summed E-state index contributed by atoms with van der Waals surface area (Å²) < 4.78 is 29.5. The molecule has 0 radical (unpaired) electrons. The third-order valence-corrected chi connectivity index (χ3v) is 5.09. The average molecular weight is 477 g/mol. The van der Waals surface area contributed by atoms with E-state index in [0.29, 0.717) is 12.4 Å². The number of carbonyl (C=O) groups is 4. The van der Waals surface area contributed by atoms with Crippen LogP contribution >= 0.6 is 0 Å². The summed E-state index contributed by atoms with van der Waals surface area (Å²) in [5.74, 6) is -6.45. The second-order valence-electron chi connectivity index (χ2n) is 7.45. The van der Waals surface area contributed by atoms with Crippen molar-refractivity contribution < 1.29 is 28.0 Å². The van der Waals surface area contributed by atoms with Gasteiger partial charge in [0.25, 0.3) is 17.4 Å². The molecule has 0 saturated carbocycles. The molecule has 0 aromatic carbocycles. The largest absolute Gasteiger partial charge is 0.357 e. The summed E-state index contributed by atoms with van der Waals surface area (Å²) in [6.45, 7) is 3.49. The van der Waals surface area contributed by atoms with Crippen molar-refractivity contribution in [3.8, 4) is 0 Å². The molecule has 1 aromatic heterocycles. The van der Waals surface area contributed by atoms with E-state index in [-0.39, 0.29) is 37.1 Å². The number of hydrogen-bond acceptors (Lipinski definition) is 6. The molecule has 1 aliphatic heterocycles. The highest BCUT2D eigenvalue weighted by Gasteiger charge is 2.41. The van der Waals surface area contributed by atoms with Gasteiger partial charge in [0.05, 0.1) is 11.8 Å². The van der Waals surface area contributed by atoms with E-state index in [9.17, 15) is 32.8 Å². The van der Waals surface area contributed by atoms with Crippen molar-refractivity contribution in [2.45, 2.75) is 24.8 Å². The SMILES string of the molecule is C=C(/C=C\C1=CCN(C(CCC=O)C(=O)NC)C1=O)CNC(=O)C(F)(F)c1cnn(C)c(=O)c1. The lowest BCUT2D eigenvalue weighted by atomic mass is 10.1. The maximum Gasteiger partial charge on any atom is 0.351 e. The van der Waals surface area contributed by atoms with Gasteiger partial charge in [0, 0.05) is 45.2 Å². The van der Waals surface area contributed by atoms with E-state index in [2.05, 4.69) is 17.0 Å². The Morgan fingerprint density at radius 1 is 1.35 bits per heavy atom. The van der Waals surface area contributed by atoms with Crippen molar-refractivity contribution in [2.75, 3.05) is 20.1 Å². The van der Waals surface area contributed by atoms with Crippen LogP contribution in [-0.4, -0.2) is 64.9 Å². The van der Waals surface area contributed by atoms with Crippen LogP contribution in [0.1, 0.15) is 18.4 Å². The number of likely N-dealkylation sites (N-methyl/N-ethyl adjacent to an activating group) is 1. The number of nitrogens with one attached hydrogen (secondary N) is 2. The first kappa shape index (κ1) is 26.3. The third kappa shape index (κ3) is 6.09. The highest BCUT2D eigenvalue weighted by Crippen LogP contribution is 2.26. The van der Waals surface area contributed by atoms with E-state index in [0.717, 1.165) is 10.9 Å². The smallest absolute Gasteiger partial charge is 0.351 e. The first-order chi connectivity index (χ1) is 16.0. The molecule has 34 heavy (non-hydrogen) atoms. The summed E-state index contributed by atoms with van der Waals surface area (Å²) in [7, 11) is 2.72. The zero-order valence-corrected chi connectivity index (χ0v) is 18.7. The van der Waals surface area contributed by atoms with Gasteiger partial charge in [-0.3, -0.25) is 19.2 Å². The van der Waals surface area contributed by atoms with E-state index in [1.807, 2.05) is 5.32 Å². The lowest BCUT2D eigenvalue weighted by Crippen LogP contribution is -2.47. The summed E-state index contributed by atoms with van der Waals surface area (Å²) in [5, 5.41) is 7.99. The van der Waals surface area contributed by atoms with Gasteiger partial charge in [-0.05, 0) is 18.1 Å². The molecular weight excluding hydrogens is 452 g/mol. The molecule has 0 saturated heterocycles. The zero-order chi connectivity index (χ0) is 25.5. The minimum Gasteiger partial charge on any atom is -0.357 e. The Morgan fingerprint density at radius 3 is 2.68 bits per heavy atom. The van der Waals surface area contributed by atoms with Gasteiger partial charge in [-0.25, -0.2) is 4.68 Å². The molecule has 0 aliphatic carbocycles. The number of hydrogen-bond donors (Lipinski definition) is 2. The van der Waals surface area contributed by atoms with Gasteiger partial charge < -0.3 is 20.3 Å². The van der Waals surface area contributed by atoms with Gasteiger partial charge in [0.2, 0.25) is 5.91 Å². The first-order valence-corrected chi connectivity index (χ1v) is 10.2. The van der Waals surface area contributed by atoms with Crippen molar-refractivity contribution in [3.63, 3.8) is 0 Å². The van der Waals surface area contributed by atoms with Crippen LogP contribution in [0.5, 0.6) is 0 Å². The number of aldehydes is 1. The number of alkyl halides is 2. The van der Waals surface area contributed by atoms with Crippen molar-refractivity contribution in [1.82, 2.24) is 25.3 Å². The fraction of sp³-hybridized carbons (Fsp3) is 0.364. The van der Waals surface area contributed by atoms with Gasteiger partial charge in [-0.1, -0.05) is 18.7 Å². The summed E-state index contributed by atoms with van der Waals surface area (Å²) in [6.07, 6.45) is 6.06. The Balaban J connectivity index is 1.97. The van der Waals surface area contributed by atoms with Crippen LogP contribution in [0.15, 0.2) is 53.0 Å². The Bertz CT molecular complexity index is 1110. The standard InChI is InChI=1S/C22H25F2N5O5/c1-14(12-26-21(34)22(23,24)16-11-18(31)28(3)27-13-16)6-7-15-8-9-29(20(15)33)17(5-4-10-30)19(32)25-2/h6-8,10-11,13,17H,1,4-5,9,12H2,2-3H3,(H,25,32)(H,26,34)/b7-6-. The highest BCUT2D eigenvalue weighted by atomic mass is 19.3. The molecule has 1 aliphatic rings. The first-order valence-electron chi connectivity index (χ1n) is 10.2. The van der Waals surface area contributed by atoms with Crippen molar-refractivity contribution in [2.24, 2.45) is 7.05 Å². The van der Waals surface area contributed by atoms with Crippen LogP contribution < -0.4 is 16.2 Å². The topological polar surface area (TPSA) is 130 Å². The van der Waals surface area contributed by atoms with Gasteiger partial charge in [-0.15, -0.1) is 0 Å². The molecular formula is C22H25F2N5O5. The number of rotatable bonds is 11. The van der Waals surface area contributed by atoms with Crippen molar-refractivity contribution in [3.05, 3.63) is 64.1 Å². The van der Waals surface area contributed by atoms with E-state index >= 15 is 0 Å². The second kappa shape index (κ2) is 11.3. The Kier molecular flexibility index (Phi) is 8.70. The number of aryl methyl sites for hydroxylation is 1. The maximum atomic E-state index is 14.3. The van der Waals surface area contributed by atoms with Gasteiger partial charge in [0.1, 0.15) is 12.3 Å². The summed E-state index contributed by atoms with van der Waals surface area (Å²) in [5.41, 5.74) is -1.15. The highest BCUT2D eigenvalue weighted by molar-refractivity contribution is 6.01. The van der Waals surface area contributed by atoms with Gasteiger partial charge in [-0.2, -0.15) is 13.9 Å². The minimum absolute atomic E-state index is 0.113. The van der Waals surface area contributed by atoms with Crippen LogP contribution in [0.25, 0.3) is 0 Å². The predicted molar refractivity (Wildman–Crippen MR) is 118 cm³/mol. The van der Waals surface area contributed by atoms with Crippen LogP contribution in [0.4, 0.5) is 8.78 Å². The van der Waals surface area contributed by atoms with E-state index in [1.54, 1.807) is 6.08 Å². The molecule has 1 atom stereocenters. The molecule has 2 rings (SSSR count). The van der Waals surface area contributed by atoms with Crippen molar-refractivity contribution in [1.29, 1.82) is 0 Å². The molecule has 2 N–H and O–H groups in total. The fourth-order valence-electron chi connectivity index (χ4n) is 3.11. The maximum absolute atomic E-state index is 14.3.